The van der Waals surface area contributed by atoms with Gasteiger partial charge in [0.1, 0.15) is 24.1 Å². The highest BCUT2D eigenvalue weighted by molar-refractivity contribution is 5.93. The Morgan fingerprint density at radius 2 is 2.03 bits per heavy atom. The van der Waals surface area contributed by atoms with Gasteiger partial charge < -0.3 is 19.6 Å². The molecule has 29 heavy (non-hydrogen) atoms. The summed E-state index contributed by atoms with van der Waals surface area (Å²) in [5.74, 6) is -0.983. The van der Waals surface area contributed by atoms with E-state index in [2.05, 4.69) is 5.32 Å². The number of carbonyl (C=O) groups excluding carboxylic acids is 1. The molecule has 1 aromatic heterocycles. The van der Waals surface area contributed by atoms with Crippen molar-refractivity contribution in [2.24, 2.45) is 0 Å². The molecular weight excluding hydrogens is 385 g/mol. The average Bonchev–Trinajstić information content (AvgIpc) is 2.65. The van der Waals surface area contributed by atoms with Crippen LogP contribution in [0.5, 0.6) is 5.75 Å². The van der Waals surface area contributed by atoms with Crippen molar-refractivity contribution in [3.05, 3.63) is 40.2 Å². The van der Waals surface area contributed by atoms with Crippen LogP contribution < -0.4 is 20.5 Å². The number of rotatable bonds is 8. The van der Waals surface area contributed by atoms with Crippen molar-refractivity contribution in [1.29, 1.82) is 0 Å². The number of hydrogen-bond acceptors (Lipinski definition) is 6. The molecule has 158 valence electrons. The predicted octanol–water partition coefficient (Wildman–Crippen LogP) is 2.10. The number of aromatic carboxylic acids is 1. The number of aromatic nitrogens is 1. The van der Waals surface area contributed by atoms with Gasteiger partial charge in [-0.2, -0.15) is 0 Å². The van der Waals surface area contributed by atoms with Gasteiger partial charge in [-0.25, -0.2) is 14.0 Å². The summed E-state index contributed by atoms with van der Waals surface area (Å²) in [6, 6.07) is 4.51. The number of nitrogens with zero attached hydrogens (tertiary/aromatic N) is 2. The monoisotopic (exact) mass is 409 g/mol. The van der Waals surface area contributed by atoms with E-state index in [1.165, 1.54) is 23.0 Å². The van der Waals surface area contributed by atoms with E-state index in [0.29, 0.717) is 11.3 Å². The normalized spacial score (nSPS) is 12.9. The molecule has 1 aromatic carbocycles. The van der Waals surface area contributed by atoms with Crippen LogP contribution in [0.4, 0.5) is 9.18 Å². The Balaban J connectivity index is 2.23. The average molecular weight is 409 g/mol. The predicted molar refractivity (Wildman–Crippen MR) is 105 cm³/mol. The number of hydrogen-bond donors (Lipinski definition) is 2. The van der Waals surface area contributed by atoms with E-state index in [1.807, 2.05) is 0 Å². The zero-order chi connectivity index (χ0) is 21.7. The Bertz CT molecular complexity index is 959. The minimum atomic E-state index is -1.32. The van der Waals surface area contributed by atoms with Crippen LogP contribution >= 0.6 is 0 Å². The molecule has 1 amide bonds. The summed E-state index contributed by atoms with van der Waals surface area (Å²) in [4.78, 5) is 35.4. The van der Waals surface area contributed by atoms with E-state index >= 15 is 0 Å². The number of alkyl carbamates (subject to hydrolysis) is 1. The van der Waals surface area contributed by atoms with Crippen molar-refractivity contribution in [1.82, 2.24) is 9.99 Å². The Morgan fingerprint density at radius 3 is 2.62 bits per heavy atom. The summed E-state index contributed by atoms with van der Waals surface area (Å²) >= 11 is 0. The number of ether oxygens (including phenoxy) is 2. The van der Waals surface area contributed by atoms with Crippen molar-refractivity contribution in [3.8, 4) is 5.75 Å². The topological polar surface area (TPSA) is 110 Å². The largest absolute Gasteiger partial charge is 0.477 e. The van der Waals surface area contributed by atoms with E-state index < -0.39 is 29.9 Å². The smallest absolute Gasteiger partial charge is 0.410 e. The standard InChI is InChI=1S/C19H24FN3O6/c1-5-12(20)10-28-19(27)21-11(2)29-13-6-7-14-16(8-13)23(22(3)4)9-15(17(14)24)18(25)26/h6-9,11-12H,5,10H2,1-4H3,(H,21,27)(H,25,26). The number of fused-ring (bicyclic) bond motifs is 1. The van der Waals surface area contributed by atoms with Crippen molar-refractivity contribution < 1.29 is 28.6 Å². The Labute approximate surface area is 166 Å². The number of nitrogens with one attached hydrogen (secondary N) is 1. The minimum absolute atomic E-state index is 0.208. The second-order valence-corrected chi connectivity index (χ2v) is 6.56. The molecule has 0 bridgehead atoms. The van der Waals surface area contributed by atoms with Crippen molar-refractivity contribution in [2.75, 3.05) is 25.7 Å². The van der Waals surface area contributed by atoms with Crippen molar-refractivity contribution in [2.45, 2.75) is 32.7 Å². The minimum Gasteiger partial charge on any atom is -0.477 e. The maximum Gasteiger partial charge on any atom is 0.410 e. The lowest BCUT2D eigenvalue weighted by Crippen LogP contribution is -2.38. The van der Waals surface area contributed by atoms with E-state index in [0.717, 1.165) is 0 Å². The number of carbonyl (C=O) groups is 2. The molecule has 2 aromatic rings. The molecule has 2 N–H and O–H groups in total. The molecule has 10 heteroatoms. The second-order valence-electron chi connectivity index (χ2n) is 6.56. The molecule has 0 aliphatic carbocycles. The van der Waals surface area contributed by atoms with Gasteiger partial charge in [0.25, 0.3) is 0 Å². The van der Waals surface area contributed by atoms with Crippen LogP contribution in [0.3, 0.4) is 0 Å². The van der Waals surface area contributed by atoms with Crippen LogP contribution in [0.15, 0.2) is 29.2 Å². The first kappa shape index (κ1) is 22.0. The van der Waals surface area contributed by atoms with E-state index in [-0.39, 0.29) is 24.0 Å². The number of pyridine rings is 1. The van der Waals surface area contributed by atoms with Gasteiger partial charge in [0.15, 0.2) is 6.23 Å². The molecule has 0 saturated heterocycles. The fourth-order valence-electron chi connectivity index (χ4n) is 2.57. The molecule has 2 unspecified atom stereocenters. The fraction of sp³-hybridized carbons (Fsp3) is 0.421. The van der Waals surface area contributed by atoms with Crippen LogP contribution in [0.2, 0.25) is 0 Å². The Hall–Kier alpha value is -3.30. The molecule has 0 spiro atoms. The summed E-state index contributed by atoms with van der Waals surface area (Å²) in [5.41, 5.74) is -0.528. The van der Waals surface area contributed by atoms with Gasteiger partial charge in [-0.05, 0) is 25.5 Å². The molecule has 9 nitrogen and oxygen atoms in total. The first-order valence-electron chi connectivity index (χ1n) is 8.98. The number of carboxylic acid groups (broad SMARTS) is 1. The van der Waals surface area contributed by atoms with Gasteiger partial charge in [-0.15, -0.1) is 0 Å². The van der Waals surface area contributed by atoms with Gasteiger partial charge in [0, 0.05) is 31.7 Å². The van der Waals surface area contributed by atoms with Gasteiger partial charge >= 0.3 is 12.1 Å². The maximum atomic E-state index is 13.1. The summed E-state index contributed by atoms with van der Waals surface area (Å²) in [6.07, 6.45) is -1.36. The van der Waals surface area contributed by atoms with Gasteiger partial charge in [-0.3, -0.25) is 14.8 Å². The third-order valence-electron chi connectivity index (χ3n) is 4.09. The summed E-state index contributed by atoms with van der Waals surface area (Å²) in [6.45, 7) is 2.86. The Kier molecular flexibility index (Phi) is 7.03. The second kappa shape index (κ2) is 9.26. The summed E-state index contributed by atoms with van der Waals surface area (Å²) in [7, 11) is 3.38. The van der Waals surface area contributed by atoms with E-state index in [9.17, 15) is 23.9 Å². The summed E-state index contributed by atoms with van der Waals surface area (Å²) in [5, 5.41) is 13.5. The fourth-order valence-corrected chi connectivity index (χ4v) is 2.57. The van der Waals surface area contributed by atoms with Gasteiger partial charge in [0.05, 0.1) is 5.52 Å². The molecular formula is C19H24FN3O6. The Morgan fingerprint density at radius 1 is 1.34 bits per heavy atom. The van der Waals surface area contributed by atoms with Crippen molar-refractivity contribution in [3.63, 3.8) is 0 Å². The maximum absolute atomic E-state index is 13.1. The molecule has 0 saturated carbocycles. The highest BCUT2D eigenvalue weighted by Crippen LogP contribution is 2.20. The summed E-state index contributed by atoms with van der Waals surface area (Å²) < 4.78 is 25.0. The van der Waals surface area contributed by atoms with Gasteiger partial charge in [0.2, 0.25) is 5.43 Å². The number of benzene rings is 1. The van der Waals surface area contributed by atoms with Crippen LogP contribution in [-0.2, 0) is 4.74 Å². The van der Waals surface area contributed by atoms with Crippen LogP contribution in [0, 0.1) is 0 Å². The first-order chi connectivity index (χ1) is 13.6. The SMILES string of the molecule is CCC(F)COC(=O)NC(C)Oc1ccc2c(=O)c(C(=O)O)cn(N(C)C)c2c1. The zero-order valence-electron chi connectivity index (χ0n) is 16.6. The third kappa shape index (κ3) is 5.37. The van der Waals surface area contributed by atoms with Crippen molar-refractivity contribution >= 4 is 23.0 Å². The highest BCUT2D eigenvalue weighted by Gasteiger charge is 2.17. The lowest BCUT2D eigenvalue weighted by atomic mass is 10.1. The number of alkyl halides is 1. The number of carboxylic acids is 1. The molecule has 0 radical (unpaired) electrons. The molecule has 1 heterocycles. The van der Waals surface area contributed by atoms with Crippen LogP contribution in [-0.4, -0.2) is 54.9 Å². The lowest BCUT2D eigenvalue weighted by Gasteiger charge is -2.21. The number of halogens is 1. The molecule has 0 fully saturated rings. The third-order valence-corrected chi connectivity index (χ3v) is 4.09. The first-order valence-corrected chi connectivity index (χ1v) is 8.98. The molecule has 0 aliphatic heterocycles. The van der Waals surface area contributed by atoms with Crippen LogP contribution in [0.25, 0.3) is 10.9 Å². The molecule has 0 aliphatic rings. The lowest BCUT2D eigenvalue weighted by molar-refractivity contribution is 0.0694. The van der Waals surface area contributed by atoms with E-state index in [4.69, 9.17) is 9.47 Å². The zero-order valence-corrected chi connectivity index (χ0v) is 16.6. The quantitative estimate of drug-likeness (QED) is 0.643. The molecule has 2 atom stereocenters. The molecule has 2 rings (SSSR count). The van der Waals surface area contributed by atoms with E-state index in [1.54, 1.807) is 39.0 Å². The number of amides is 1. The van der Waals surface area contributed by atoms with Gasteiger partial charge in [-0.1, -0.05) is 6.92 Å². The highest BCUT2D eigenvalue weighted by atomic mass is 19.1. The van der Waals surface area contributed by atoms with Crippen LogP contribution in [0.1, 0.15) is 30.6 Å².